The maximum Gasteiger partial charge on any atom is 0.409 e. The second-order valence-electron chi connectivity index (χ2n) is 6.58. The van der Waals surface area contributed by atoms with Gasteiger partial charge in [0.15, 0.2) is 6.04 Å². The molecule has 0 spiro atoms. The fourth-order valence-electron chi connectivity index (χ4n) is 3.03. The lowest BCUT2D eigenvalue weighted by atomic mass is 9.93. The molecule has 0 saturated carbocycles. The summed E-state index contributed by atoms with van der Waals surface area (Å²) in [5.74, 6) is -1.05. The number of fused-ring (bicyclic) bond motifs is 1. The number of carbonyl (C=O) groups is 1. The van der Waals surface area contributed by atoms with E-state index in [-0.39, 0.29) is 22.9 Å². The van der Waals surface area contributed by atoms with E-state index in [1.165, 1.54) is 36.4 Å². The monoisotopic (exact) mass is 340 g/mol. The Morgan fingerprint density at radius 1 is 1.12 bits per heavy atom. The number of hydrogen-bond donors (Lipinski definition) is 1. The molecule has 1 aliphatic heterocycles. The molecule has 1 amide bonds. The summed E-state index contributed by atoms with van der Waals surface area (Å²) in [6.45, 7) is 3.07. The normalized spacial score (nSPS) is 19.5. The van der Waals surface area contributed by atoms with Gasteiger partial charge in [-0.25, -0.2) is 9.40 Å². The molecule has 128 valence electrons. The zero-order valence-corrected chi connectivity index (χ0v) is 13.1. The number of amides is 1. The van der Waals surface area contributed by atoms with Crippen LogP contribution in [0.3, 0.4) is 0 Å². The molecule has 1 atom stereocenters. The van der Waals surface area contributed by atoms with Crippen molar-refractivity contribution in [1.29, 1.82) is 0 Å². The number of hydrazine groups is 1. The van der Waals surface area contributed by atoms with E-state index in [9.17, 15) is 22.4 Å². The Balaban J connectivity index is 2.16. The largest absolute Gasteiger partial charge is 0.409 e. The Kier molecular flexibility index (Phi) is 3.79. The maximum absolute atomic E-state index is 13.9. The van der Waals surface area contributed by atoms with Gasteiger partial charge in [0, 0.05) is 11.9 Å². The van der Waals surface area contributed by atoms with Crippen molar-refractivity contribution in [3.63, 3.8) is 0 Å². The van der Waals surface area contributed by atoms with Gasteiger partial charge in [0.25, 0.3) is 0 Å². The third-order valence-electron chi connectivity index (χ3n) is 4.24. The molecule has 0 bridgehead atoms. The summed E-state index contributed by atoms with van der Waals surface area (Å²) in [4.78, 5) is 11.9. The summed E-state index contributed by atoms with van der Waals surface area (Å²) in [6.07, 6.45) is -4.63. The molecule has 0 aliphatic carbocycles. The van der Waals surface area contributed by atoms with Crippen LogP contribution in [0.5, 0.6) is 0 Å². The molecule has 1 N–H and O–H groups in total. The van der Waals surface area contributed by atoms with Crippen molar-refractivity contribution >= 4 is 16.7 Å². The highest BCUT2D eigenvalue weighted by Crippen LogP contribution is 2.42. The minimum absolute atomic E-state index is 0.0856. The number of nitrogens with one attached hydrogen (secondary N) is 1. The summed E-state index contributed by atoms with van der Waals surface area (Å²) in [5.41, 5.74) is 1.29. The van der Waals surface area contributed by atoms with Gasteiger partial charge in [0.2, 0.25) is 5.91 Å². The molecule has 3 nitrogen and oxygen atoms in total. The highest BCUT2D eigenvalue weighted by molar-refractivity contribution is 5.87. The number of carbonyl (C=O) groups excluding carboxylic acids is 1. The smallest absolute Gasteiger partial charge is 0.287 e. The van der Waals surface area contributed by atoms with Gasteiger partial charge in [-0.15, -0.1) is 0 Å². The fourth-order valence-corrected chi connectivity index (χ4v) is 3.03. The van der Waals surface area contributed by atoms with Crippen LogP contribution in [0.1, 0.15) is 25.5 Å². The highest BCUT2D eigenvalue weighted by Gasteiger charge is 2.51. The standard InChI is InChI=1S/C17H16F4N2O/c1-16(2)9-23(22-15(16)24)14(17(19,20)21)12-7-3-6-11-10(12)5-4-8-13(11)18/h3-8,14H,9H2,1-2H3,(H,22,24). The summed E-state index contributed by atoms with van der Waals surface area (Å²) >= 11 is 0. The van der Waals surface area contributed by atoms with Crippen LogP contribution in [0.2, 0.25) is 0 Å². The quantitative estimate of drug-likeness (QED) is 0.840. The predicted octanol–water partition coefficient (Wildman–Crippen LogP) is 3.96. The van der Waals surface area contributed by atoms with Gasteiger partial charge in [-0.05, 0) is 30.9 Å². The molecule has 1 fully saturated rings. The van der Waals surface area contributed by atoms with E-state index < -0.39 is 29.4 Å². The summed E-state index contributed by atoms with van der Waals surface area (Å²) in [5, 5.41) is 1.19. The van der Waals surface area contributed by atoms with Gasteiger partial charge in [0.05, 0.1) is 5.41 Å². The Hall–Kier alpha value is -2.15. The van der Waals surface area contributed by atoms with Crippen LogP contribution in [-0.2, 0) is 4.79 Å². The minimum atomic E-state index is -4.63. The number of rotatable bonds is 2. The Labute approximate surface area is 136 Å². The number of hydrogen-bond acceptors (Lipinski definition) is 2. The lowest BCUT2D eigenvalue weighted by molar-refractivity contribution is -0.191. The van der Waals surface area contributed by atoms with E-state index in [2.05, 4.69) is 5.43 Å². The van der Waals surface area contributed by atoms with Crippen molar-refractivity contribution in [2.24, 2.45) is 5.41 Å². The van der Waals surface area contributed by atoms with Crippen LogP contribution in [0.15, 0.2) is 36.4 Å². The lowest BCUT2D eigenvalue weighted by Crippen LogP contribution is -2.43. The number of nitrogens with zero attached hydrogens (tertiary/aromatic N) is 1. The molecule has 24 heavy (non-hydrogen) atoms. The van der Waals surface area contributed by atoms with Crippen LogP contribution in [0.25, 0.3) is 10.8 Å². The average Bonchev–Trinajstić information content (AvgIpc) is 2.72. The Morgan fingerprint density at radius 2 is 1.75 bits per heavy atom. The molecule has 2 aromatic carbocycles. The van der Waals surface area contributed by atoms with Crippen LogP contribution < -0.4 is 5.43 Å². The zero-order valence-electron chi connectivity index (χ0n) is 13.1. The van der Waals surface area contributed by atoms with Crippen LogP contribution in [-0.4, -0.2) is 23.6 Å². The third-order valence-corrected chi connectivity index (χ3v) is 4.24. The Morgan fingerprint density at radius 3 is 2.33 bits per heavy atom. The second-order valence-corrected chi connectivity index (χ2v) is 6.58. The first-order valence-electron chi connectivity index (χ1n) is 7.43. The summed E-state index contributed by atoms with van der Waals surface area (Å²) in [6, 6.07) is 6.13. The molecule has 3 rings (SSSR count). The topological polar surface area (TPSA) is 32.3 Å². The molecule has 1 unspecified atom stereocenters. The van der Waals surface area contributed by atoms with E-state index in [4.69, 9.17) is 0 Å². The molecular weight excluding hydrogens is 324 g/mol. The summed E-state index contributed by atoms with van der Waals surface area (Å²) in [7, 11) is 0. The first-order valence-corrected chi connectivity index (χ1v) is 7.43. The lowest BCUT2D eigenvalue weighted by Gasteiger charge is -2.30. The number of halogens is 4. The number of benzene rings is 2. The number of alkyl halides is 3. The van der Waals surface area contributed by atoms with Crippen molar-refractivity contribution in [1.82, 2.24) is 10.4 Å². The van der Waals surface area contributed by atoms with Gasteiger partial charge in [0.1, 0.15) is 5.82 Å². The summed E-state index contributed by atoms with van der Waals surface area (Å²) < 4.78 is 55.3. The Bertz CT molecular complexity index is 801. The van der Waals surface area contributed by atoms with Crippen LogP contribution in [0, 0.1) is 11.2 Å². The highest BCUT2D eigenvalue weighted by atomic mass is 19.4. The van der Waals surface area contributed by atoms with Gasteiger partial charge < -0.3 is 0 Å². The van der Waals surface area contributed by atoms with Crippen molar-refractivity contribution in [2.75, 3.05) is 6.54 Å². The molecular formula is C17H16F4N2O. The molecule has 7 heteroatoms. The van der Waals surface area contributed by atoms with E-state index in [1.54, 1.807) is 13.8 Å². The molecule has 0 radical (unpaired) electrons. The van der Waals surface area contributed by atoms with E-state index >= 15 is 0 Å². The first-order chi connectivity index (χ1) is 11.1. The third kappa shape index (κ3) is 2.73. The van der Waals surface area contributed by atoms with Crippen LogP contribution >= 0.6 is 0 Å². The van der Waals surface area contributed by atoms with Gasteiger partial charge in [-0.3, -0.25) is 10.2 Å². The van der Waals surface area contributed by atoms with Crippen molar-refractivity contribution in [2.45, 2.75) is 26.1 Å². The van der Waals surface area contributed by atoms with Gasteiger partial charge in [-0.1, -0.05) is 30.3 Å². The van der Waals surface area contributed by atoms with Crippen molar-refractivity contribution < 1.29 is 22.4 Å². The first kappa shape index (κ1) is 16.7. The SMILES string of the molecule is CC1(C)CN(C(c2cccc3c(F)cccc23)C(F)(F)F)NC1=O. The minimum Gasteiger partial charge on any atom is -0.287 e. The second kappa shape index (κ2) is 5.44. The fraction of sp³-hybridized carbons (Fsp3) is 0.353. The van der Waals surface area contributed by atoms with Crippen molar-refractivity contribution in [3.8, 4) is 0 Å². The molecule has 0 aromatic heterocycles. The van der Waals surface area contributed by atoms with Gasteiger partial charge in [-0.2, -0.15) is 13.2 Å². The van der Waals surface area contributed by atoms with E-state index in [1.807, 2.05) is 0 Å². The van der Waals surface area contributed by atoms with Gasteiger partial charge >= 0.3 is 6.18 Å². The van der Waals surface area contributed by atoms with Crippen LogP contribution in [0.4, 0.5) is 17.6 Å². The zero-order chi connectivity index (χ0) is 17.7. The van der Waals surface area contributed by atoms with E-state index in [0.717, 1.165) is 5.01 Å². The van der Waals surface area contributed by atoms with Crippen molar-refractivity contribution in [3.05, 3.63) is 47.8 Å². The molecule has 1 heterocycles. The molecule has 1 aliphatic rings. The maximum atomic E-state index is 13.9. The van der Waals surface area contributed by atoms with E-state index in [0.29, 0.717) is 0 Å². The average molecular weight is 340 g/mol. The molecule has 1 saturated heterocycles. The molecule has 2 aromatic rings. The predicted molar refractivity (Wildman–Crippen MR) is 81.3 cm³/mol.